The van der Waals surface area contributed by atoms with E-state index < -0.39 is 0 Å². The van der Waals surface area contributed by atoms with Gasteiger partial charge < -0.3 is 10.2 Å². The van der Waals surface area contributed by atoms with Crippen LogP contribution in [0, 0.1) is 0 Å². The molecule has 0 amide bonds. The summed E-state index contributed by atoms with van der Waals surface area (Å²) in [5, 5.41) is 3.30. The molecule has 0 aliphatic carbocycles. The second-order valence-corrected chi connectivity index (χ2v) is 7.49. The molecule has 1 N–H and O–H groups in total. The Morgan fingerprint density at radius 1 is 0.857 bits per heavy atom. The van der Waals surface area contributed by atoms with Crippen LogP contribution in [0.15, 0.2) is 72.9 Å². The molecule has 4 heteroatoms. The Kier molecular flexibility index (Phi) is 6.30. The monoisotopic (exact) mass is 372 g/mol. The molecule has 0 radical (unpaired) electrons. The fraction of sp³-hybridized carbons (Fsp3) is 0.333. The minimum absolute atomic E-state index is 0.552. The minimum atomic E-state index is 0.552. The van der Waals surface area contributed by atoms with Crippen molar-refractivity contribution >= 4 is 11.6 Å². The SMILES string of the molecule is c1ccc(CCCN2CCC(c3cccc(Nc4ccccn4)n3)CC2)cc1. The number of nitrogens with zero attached hydrogens (tertiary/aromatic N) is 3. The normalized spacial score (nSPS) is 15.4. The van der Waals surface area contributed by atoms with Crippen LogP contribution in [0.5, 0.6) is 0 Å². The van der Waals surface area contributed by atoms with Crippen molar-refractivity contribution in [3.63, 3.8) is 0 Å². The van der Waals surface area contributed by atoms with Crippen LogP contribution in [0.4, 0.5) is 11.6 Å². The Morgan fingerprint density at radius 3 is 2.43 bits per heavy atom. The quantitative estimate of drug-likeness (QED) is 0.631. The van der Waals surface area contributed by atoms with E-state index in [-0.39, 0.29) is 0 Å². The topological polar surface area (TPSA) is 41.0 Å². The standard InChI is InChI=1S/C24H28N4/c1-2-8-20(9-3-1)10-7-17-28-18-14-21(15-19-28)22-11-6-13-24(26-22)27-23-12-4-5-16-25-23/h1-6,8-9,11-13,16,21H,7,10,14-15,17-19H2,(H,25,26,27). The van der Waals surface area contributed by atoms with Gasteiger partial charge in [0.15, 0.2) is 0 Å². The van der Waals surface area contributed by atoms with Crippen molar-refractivity contribution in [3.05, 3.63) is 84.2 Å². The number of anilines is 2. The van der Waals surface area contributed by atoms with Crippen LogP contribution in [0.25, 0.3) is 0 Å². The number of piperidine rings is 1. The molecule has 1 fully saturated rings. The fourth-order valence-electron chi connectivity index (χ4n) is 3.92. The van der Waals surface area contributed by atoms with E-state index in [0.717, 1.165) is 11.6 Å². The van der Waals surface area contributed by atoms with Crippen molar-refractivity contribution in [2.75, 3.05) is 25.0 Å². The maximum atomic E-state index is 4.85. The Bertz CT molecular complexity index is 843. The summed E-state index contributed by atoms with van der Waals surface area (Å²) in [4.78, 5) is 11.8. The number of benzene rings is 1. The largest absolute Gasteiger partial charge is 0.325 e. The molecule has 1 aliphatic heterocycles. The molecule has 4 rings (SSSR count). The molecule has 3 heterocycles. The zero-order valence-electron chi connectivity index (χ0n) is 16.3. The van der Waals surface area contributed by atoms with Crippen LogP contribution >= 0.6 is 0 Å². The maximum Gasteiger partial charge on any atom is 0.131 e. The minimum Gasteiger partial charge on any atom is -0.325 e. The average Bonchev–Trinajstić information content (AvgIpc) is 2.76. The van der Waals surface area contributed by atoms with Crippen molar-refractivity contribution in [3.8, 4) is 0 Å². The number of aryl methyl sites for hydroxylation is 1. The van der Waals surface area contributed by atoms with Gasteiger partial charge in [-0.1, -0.05) is 42.5 Å². The lowest BCUT2D eigenvalue weighted by molar-refractivity contribution is 0.209. The molecule has 0 bridgehead atoms. The maximum absolute atomic E-state index is 4.85. The highest BCUT2D eigenvalue weighted by Gasteiger charge is 2.21. The predicted molar refractivity (Wildman–Crippen MR) is 115 cm³/mol. The number of pyridine rings is 2. The molecule has 0 saturated carbocycles. The van der Waals surface area contributed by atoms with Gasteiger partial charge in [0.1, 0.15) is 11.6 Å². The van der Waals surface area contributed by atoms with Crippen LogP contribution in [0.1, 0.15) is 36.4 Å². The van der Waals surface area contributed by atoms with Crippen LogP contribution in [0.2, 0.25) is 0 Å². The third kappa shape index (κ3) is 5.17. The molecule has 1 saturated heterocycles. The molecule has 2 aromatic heterocycles. The summed E-state index contributed by atoms with van der Waals surface area (Å²) in [7, 11) is 0. The highest BCUT2D eigenvalue weighted by Crippen LogP contribution is 2.28. The van der Waals surface area contributed by atoms with Gasteiger partial charge in [-0.2, -0.15) is 0 Å². The summed E-state index contributed by atoms with van der Waals surface area (Å²) in [6.07, 6.45) is 6.57. The number of rotatable bonds is 7. The lowest BCUT2D eigenvalue weighted by Crippen LogP contribution is -2.34. The molecule has 1 aliphatic rings. The highest BCUT2D eigenvalue weighted by atomic mass is 15.1. The van der Waals surface area contributed by atoms with Crippen LogP contribution in [0.3, 0.4) is 0 Å². The van der Waals surface area contributed by atoms with E-state index in [4.69, 9.17) is 4.98 Å². The molecule has 1 aromatic carbocycles. The first-order valence-electron chi connectivity index (χ1n) is 10.3. The molecule has 28 heavy (non-hydrogen) atoms. The predicted octanol–water partition coefficient (Wildman–Crippen LogP) is 5.03. The van der Waals surface area contributed by atoms with Crippen molar-refractivity contribution in [2.24, 2.45) is 0 Å². The van der Waals surface area contributed by atoms with Gasteiger partial charge in [-0.15, -0.1) is 0 Å². The molecule has 144 valence electrons. The molecule has 0 spiro atoms. The lowest BCUT2D eigenvalue weighted by atomic mass is 9.93. The number of hydrogen-bond acceptors (Lipinski definition) is 4. The van der Waals surface area contributed by atoms with E-state index in [1.54, 1.807) is 6.20 Å². The van der Waals surface area contributed by atoms with Gasteiger partial charge in [-0.3, -0.25) is 0 Å². The van der Waals surface area contributed by atoms with E-state index in [1.165, 1.54) is 56.6 Å². The lowest BCUT2D eigenvalue weighted by Gasteiger charge is -2.31. The summed E-state index contributed by atoms with van der Waals surface area (Å²) >= 11 is 0. The third-order valence-electron chi connectivity index (χ3n) is 5.48. The average molecular weight is 373 g/mol. The smallest absolute Gasteiger partial charge is 0.131 e. The Morgan fingerprint density at radius 2 is 1.64 bits per heavy atom. The summed E-state index contributed by atoms with van der Waals surface area (Å²) < 4.78 is 0. The second-order valence-electron chi connectivity index (χ2n) is 7.49. The summed E-state index contributed by atoms with van der Waals surface area (Å²) in [5.74, 6) is 2.26. The van der Waals surface area contributed by atoms with Crippen LogP contribution in [-0.4, -0.2) is 34.5 Å². The van der Waals surface area contributed by atoms with Gasteiger partial charge in [0.05, 0.1) is 0 Å². The van der Waals surface area contributed by atoms with E-state index in [2.05, 4.69) is 57.7 Å². The fourth-order valence-corrected chi connectivity index (χ4v) is 3.92. The van der Waals surface area contributed by atoms with E-state index in [0.29, 0.717) is 5.92 Å². The second kappa shape index (κ2) is 9.47. The number of hydrogen-bond donors (Lipinski definition) is 1. The van der Waals surface area contributed by atoms with Crippen molar-refractivity contribution in [1.82, 2.24) is 14.9 Å². The van der Waals surface area contributed by atoms with E-state index in [9.17, 15) is 0 Å². The molecule has 0 unspecified atom stereocenters. The third-order valence-corrected chi connectivity index (χ3v) is 5.48. The van der Waals surface area contributed by atoms with Crippen LogP contribution in [-0.2, 0) is 6.42 Å². The molecular weight excluding hydrogens is 344 g/mol. The zero-order valence-corrected chi connectivity index (χ0v) is 16.3. The van der Waals surface area contributed by atoms with Gasteiger partial charge in [0.25, 0.3) is 0 Å². The Hall–Kier alpha value is -2.72. The Balaban J connectivity index is 1.26. The van der Waals surface area contributed by atoms with E-state index in [1.807, 2.05) is 24.3 Å². The van der Waals surface area contributed by atoms with Gasteiger partial charge in [0.2, 0.25) is 0 Å². The number of aromatic nitrogens is 2. The highest BCUT2D eigenvalue weighted by molar-refractivity contribution is 5.51. The van der Waals surface area contributed by atoms with Crippen molar-refractivity contribution in [1.29, 1.82) is 0 Å². The van der Waals surface area contributed by atoms with Gasteiger partial charge in [-0.05, 0) is 75.1 Å². The van der Waals surface area contributed by atoms with Crippen LogP contribution < -0.4 is 5.32 Å². The number of likely N-dealkylation sites (tertiary alicyclic amines) is 1. The van der Waals surface area contributed by atoms with Gasteiger partial charge >= 0.3 is 0 Å². The summed E-state index contributed by atoms with van der Waals surface area (Å²) in [5.41, 5.74) is 2.64. The molecular formula is C24H28N4. The van der Waals surface area contributed by atoms with Gasteiger partial charge in [0, 0.05) is 17.8 Å². The number of nitrogens with one attached hydrogen (secondary N) is 1. The first-order chi connectivity index (χ1) is 13.9. The Labute approximate surface area is 167 Å². The van der Waals surface area contributed by atoms with Crippen molar-refractivity contribution < 1.29 is 0 Å². The summed E-state index contributed by atoms with van der Waals surface area (Å²) in [6.45, 7) is 3.52. The molecule has 3 aromatic rings. The van der Waals surface area contributed by atoms with E-state index >= 15 is 0 Å². The van der Waals surface area contributed by atoms with Crippen molar-refractivity contribution in [2.45, 2.75) is 31.6 Å². The molecule has 0 atom stereocenters. The summed E-state index contributed by atoms with van der Waals surface area (Å²) in [6, 6.07) is 22.9. The van der Waals surface area contributed by atoms with Gasteiger partial charge in [-0.25, -0.2) is 9.97 Å². The zero-order chi connectivity index (χ0) is 19.0. The first kappa shape index (κ1) is 18.6. The first-order valence-corrected chi connectivity index (χ1v) is 10.3. The molecule has 4 nitrogen and oxygen atoms in total.